The van der Waals surface area contributed by atoms with E-state index < -0.39 is 5.97 Å². The van der Waals surface area contributed by atoms with Crippen LogP contribution >= 0.6 is 0 Å². The van der Waals surface area contributed by atoms with E-state index in [0.717, 1.165) is 18.4 Å². The zero-order chi connectivity index (χ0) is 20.5. The fraction of sp³-hybridized carbons (Fsp3) is 0.208. The number of carbonyl (C=O) groups is 1. The summed E-state index contributed by atoms with van der Waals surface area (Å²) in [6.07, 6.45) is 15.5. The molecular weight excluding hydrogens is 352 g/mol. The molecule has 144 valence electrons. The van der Waals surface area contributed by atoms with Gasteiger partial charge in [-0.1, -0.05) is 42.2 Å². The molecule has 4 nitrogen and oxygen atoms in total. The van der Waals surface area contributed by atoms with E-state index in [1.807, 2.05) is 31.2 Å². The number of hydrogen-bond donors (Lipinski definition) is 1. The Bertz CT molecular complexity index is 865. The van der Waals surface area contributed by atoms with Crippen LogP contribution in [0.5, 0.6) is 11.5 Å². The fourth-order valence-electron chi connectivity index (χ4n) is 1.90. The summed E-state index contributed by atoms with van der Waals surface area (Å²) in [6, 6.07) is 4.82. The Balaban J connectivity index is 2.24. The van der Waals surface area contributed by atoms with Crippen molar-refractivity contribution in [1.82, 2.24) is 0 Å². The van der Waals surface area contributed by atoms with Gasteiger partial charge in [0, 0.05) is 6.08 Å². The highest BCUT2D eigenvalue weighted by Crippen LogP contribution is 2.26. The van der Waals surface area contributed by atoms with Gasteiger partial charge in [0.25, 0.3) is 0 Å². The Hall–Kier alpha value is -3.63. The number of allylic oxidation sites excluding steroid dienone is 6. The number of phenols is 1. The summed E-state index contributed by atoms with van der Waals surface area (Å²) in [6.45, 7) is 2.25. The van der Waals surface area contributed by atoms with Crippen molar-refractivity contribution in [2.24, 2.45) is 0 Å². The van der Waals surface area contributed by atoms with Crippen molar-refractivity contribution in [2.45, 2.75) is 19.8 Å². The van der Waals surface area contributed by atoms with Crippen LogP contribution < -0.4 is 4.74 Å². The number of unbranched alkanes of at least 4 members (excludes halogenated alkanes) is 1. The van der Waals surface area contributed by atoms with E-state index in [1.165, 1.54) is 19.3 Å². The maximum absolute atomic E-state index is 11.7. The van der Waals surface area contributed by atoms with Crippen LogP contribution in [0, 0.1) is 23.7 Å². The minimum absolute atomic E-state index is 0.0512. The minimum Gasteiger partial charge on any atom is -0.504 e. The number of carbonyl (C=O) groups excluding carboxylic acids is 1. The summed E-state index contributed by atoms with van der Waals surface area (Å²) in [5, 5.41) is 9.53. The topological polar surface area (TPSA) is 55.8 Å². The number of methoxy groups -OCH3 is 1. The molecule has 1 aromatic rings. The van der Waals surface area contributed by atoms with E-state index in [9.17, 15) is 9.90 Å². The van der Waals surface area contributed by atoms with Crippen LogP contribution in [0.2, 0.25) is 0 Å². The SMILES string of the molecule is C/C=C/C#CC#C/C=C/C=C/CCCOC(=O)/C=C/c1ccc(O)c(OC)c1. The molecule has 1 aromatic carbocycles. The first-order chi connectivity index (χ1) is 13.7. The van der Waals surface area contributed by atoms with Gasteiger partial charge in [-0.25, -0.2) is 4.79 Å². The van der Waals surface area contributed by atoms with Crippen molar-refractivity contribution in [1.29, 1.82) is 0 Å². The second-order valence-electron chi connectivity index (χ2n) is 5.40. The number of esters is 1. The monoisotopic (exact) mass is 376 g/mol. The summed E-state index contributed by atoms with van der Waals surface area (Å²) in [5.74, 6) is 11.0. The minimum atomic E-state index is -0.412. The molecule has 0 bridgehead atoms. The molecule has 0 amide bonds. The molecule has 0 saturated heterocycles. The number of rotatable bonds is 8. The zero-order valence-corrected chi connectivity index (χ0v) is 16.1. The number of phenolic OH excluding ortho intramolecular Hbond substituents is 1. The predicted molar refractivity (Wildman–Crippen MR) is 113 cm³/mol. The highest BCUT2D eigenvalue weighted by Gasteiger charge is 2.01. The molecular formula is C24H24O4. The van der Waals surface area contributed by atoms with Crippen molar-refractivity contribution >= 4 is 12.0 Å². The second kappa shape index (κ2) is 14.5. The molecule has 1 N–H and O–H groups in total. The van der Waals surface area contributed by atoms with Crippen LogP contribution in [0.15, 0.2) is 60.7 Å². The van der Waals surface area contributed by atoms with Crippen LogP contribution in [0.25, 0.3) is 6.08 Å². The lowest BCUT2D eigenvalue weighted by molar-refractivity contribution is -0.137. The van der Waals surface area contributed by atoms with Crippen molar-refractivity contribution in [3.63, 3.8) is 0 Å². The molecule has 28 heavy (non-hydrogen) atoms. The molecule has 0 radical (unpaired) electrons. The Kier molecular flexibility index (Phi) is 11.6. The molecule has 0 heterocycles. The molecule has 0 unspecified atom stereocenters. The Morgan fingerprint density at radius 3 is 2.71 bits per heavy atom. The summed E-state index contributed by atoms with van der Waals surface area (Å²) in [5.41, 5.74) is 0.734. The summed E-state index contributed by atoms with van der Waals surface area (Å²) >= 11 is 0. The van der Waals surface area contributed by atoms with Gasteiger partial charge >= 0.3 is 5.97 Å². The molecule has 0 fully saturated rings. The Morgan fingerprint density at radius 2 is 1.96 bits per heavy atom. The van der Waals surface area contributed by atoms with Crippen molar-refractivity contribution in [3.05, 3.63) is 66.3 Å². The van der Waals surface area contributed by atoms with E-state index in [1.54, 1.807) is 30.4 Å². The first kappa shape index (κ1) is 22.4. The lowest BCUT2D eigenvalue weighted by Gasteiger charge is -2.03. The van der Waals surface area contributed by atoms with Crippen molar-refractivity contribution < 1.29 is 19.4 Å². The van der Waals surface area contributed by atoms with E-state index >= 15 is 0 Å². The van der Waals surface area contributed by atoms with Crippen LogP contribution in [-0.2, 0) is 9.53 Å². The van der Waals surface area contributed by atoms with Crippen molar-refractivity contribution in [3.8, 4) is 35.2 Å². The van der Waals surface area contributed by atoms with Gasteiger partial charge in [0.15, 0.2) is 11.5 Å². The van der Waals surface area contributed by atoms with E-state index in [4.69, 9.17) is 9.47 Å². The highest BCUT2D eigenvalue weighted by atomic mass is 16.5. The second-order valence-corrected chi connectivity index (χ2v) is 5.40. The van der Waals surface area contributed by atoms with Gasteiger partial charge in [0.2, 0.25) is 0 Å². The third kappa shape index (κ3) is 10.4. The Morgan fingerprint density at radius 1 is 1.18 bits per heavy atom. The van der Waals surface area contributed by atoms with Crippen molar-refractivity contribution in [2.75, 3.05) is 13.7 Å². The standard InChI is InChI=1S/C24H24O4/c1-3-4-5-6-7-8-9-10-11-12-13-14-19-28-24(26)18-16-21-15-17-22(25)23(20-21)27-2/h3-4,9-12,15-18,20,25H,13-14,19H2,1-2H3/b4-3+,10-9+,12-11+,18-16+. The van der Waals surface area contributed by atoms with Gasteiger partial charge in [-0.15, -0.1) is 0 Å². The average molecular weight is 376 g/mol. The predicted octanol–water partition coefficient (Wildman–Crippen LogP) is 4.43. The fourth-order valence-corrected chi connectivity index (χ4v) is 1.90. The third-order valence-electron chi connectivity index (χ3n) is 3.26. The van der Waals surface area contributed by atoms with Gasteiger partial charge in [-0.3, -0.25) is 0 Å². The number of ether oxygens (including phenoxy) is 2. The quantitative estimate of drug-likeness (QED) is 0.240. The van der Waals surface area contributed by atoms with Crippen LogP contribution in [-0.4, -0.2) is 24.8 Å². The molecule has 0 saturated carbocycles. The summed E-state index contributed by atoms with van der Waals surface area (Å²) in [7, 11) is 1.47. The summed E-state index contributed by atoms with van der Waals surface area (Å²) < 4.78 is 10.2. The maximum atomic E-state index is 11.7. The average Bonchev–Trinajstić information content (AvgIpc) is 2.70. The Labute approximate surface area is 166 Å². The largest absolute Gasteiger partial charge is 0.504 e. The molecule has 0 spiro atoms. The molecule has 0 aliphatic carbocycles. The molecule has 0 atom stereocenters. The maximum Gasteiger partial charge on any atom is 0.330 e. The molecule has 0 aliphatic heterocycles. The molecule has 1 rings (SSSR count). The first-order valence-electron chi connectivity index (χ1n) is 8.83. The smallest absolute Gasteiger partial charge is 0.330 e. The molecule has 4 heteroatoms. The first-order valence-corrected chi connectivity index (χ1v) is 8.83. The van der Waals surface area contributed by atoms with E-state index in [2.05, 4.69) is 23.7 Å². The van der Waals surface area contributed by atoms with Crippen LogP contribution in [0.1, 0.15) is 25.3 Å². The van der Waals surface area contributed by atoms with Gasteiger partial charge in [-0.2, -0.15) is 0 Å². The summed E-state index contributed by atoms with van der Waals surface area (Å²) in [4.78, 5) is 11.7. The van der Waals surface area contributed by atoms with E-state index in [0.29, 0.717) is 12.4 Å². The lowest BCUT2D eigenvalue weighted by Crippen LogP contribution is -2.01. The van der Waals surface area contributed by atoms with Crippen LogP contribution in [0.4, 0.5) is 0 Å². The lowest BCUT2D eigenvalue weighted by atomic mass is 10.2. The normalized spacial score (nSPS) is 10.8. The number of benzene rings is 1. The molecule has 0 aromatic heterocycles. The highest BCUT2D eigenvalue weighted by molar-refractivity contribution is 5.87. The number of aromatic hydroxyl groups is 1. The van der Waals surface area contributed by atoms with Gasteiger partial charge in [0.1, 0.15) is 0 Å². The van der Waals surface area contributed by atoms with E-state index in [-0.39, 0.29) is 5.75 Å². The van der Waals surface area contributed by atoms with Gasteiger partial charge in [0.05, 0.1) is 13.7 Å². The molecule has 0 aliphatic rings. The third-order valence-corrected chi connectivity index (χ3v) is 3.26. The number of hydrogen-bond acceptors (Lipinski definition) is 4. The van der Waals surface area contributed by atoms with Gasteiger partial charge in [-0.05, 0) is 67.5 Å². The van der Waals surface area contributed by atoms with Gasteiger partial charge < -0.3 is 14.6 Å². The zero-order valence-electron chi connectivity index (χ0n) is 16.1. The van der Waals surface area contributed by atoms with Crippen LogP contribution in [0.3, 0.4) is 0 Å².